The van der Waals surface area contributed by atoms with Crippen LogP contribution in [0.1, 0.15) is 25.5 Å². The second-order valence-corrected chi connectivity index (χ2v) is 3.52. The standard InChI is InChI=1S/C12H19FN2/c1-3-15(4-2)12(9-14)10-5-7-11(13)8-6-10/h5-8,12H,3-4,9,14H2,1-2H3. The average molecular weight is 210 g/mol. The number of hydrogen-bond donors (Lipinski definition) is 1. The van der Waals surface area contributed by atoms with E-state index >= 15 is 0 Å². The van der Waals surface area contributed by atoms with Crippen LogP contribution in [0.5, 0.6) is 0 Å². The van der Waals surface area contributed by atoms with Crippen molar-refractivity contribution in [3.8, 4) is 0 Å². The molecule has 0 saturated heterocycles. The van der Waals surface area contributed by atoms with Gasteiger partial charge in [-0.2, -0.15) is 0 Å². The smallest absolute Gasteiger partial charge is 0.123 e. The lowest BCUT2D eigenvalue weighted by molar-refractivity contribution is 0.224. The van der Waals surface area contributed by atoms with E-state index in [9.17, 15) is 4.39 Å². The normalized spacial score (nSPS) is 13.1. The summed E-state index contributed by atoms with van der Waals surface area (Å²) in [5.41, 5.74) is 6.85. The van der Waals surface area contributed by atoms with Crippen LogP contribution in [-0.2, 0) is 0 Å². The zero-order chi connectivity index (χ0) is 11.3. The van der Waals surface area contributed by atoms with Crippen LogP contribution in [0.4, 0.5) is 4.39 Å². The van der Waals surface area contributed by atoms with Crippen molar-refractivity contribution in [1.29, 1.82) is 0 Å². The maximum Gasteiger partial charge on any atom is 0.123 e. The van der Waals surface area contributed by atoms with Crippen LogP contribution in [0, 0.1) is 5.82 Å². The molecule has 0 spiro atoms. The van der Waals surface area contributed by atoms with Gasteiger partial charge < -0.3 is 5.73 Å². The Balaban J connectivity index is 2.86. The molecule has 15 heavy (non-hydrogen) atoms. The summed E-state index contributed by atoms with van der Waals surface area (Å²) in [6.45, 7) is 6.68. The van der Waals surface area contributed by atoms with E-state index in [1.807, 2.05) is 12.1 Å². The van der Waals surface area contributed by atoms with Crippen molar-refractivity contribution in [2.45, 2.75) is 19.9 Å². The predicted molar refractivity (Wildman–Crippen MR) is 61.1 cm³/mol. The monoisotopic (exact) mass is 210 g/mol. The molecule has 3 heteroatoms. The van der Waals surface area contributed by atoms with Gasteiger partial charge in [0.25, 0.3) is 0 Å². The first-order chi connectivity index (χ1) is 7.22. The Morgan fingerprint density at radius 1 is 1.20 bits per heavy atom. The lowest BCUT2D eigenvalue weighted by Crippen LogP contribution is -2.33. The number of rotatable bonds is 5. The molecule has 0 amide bonds. The Hall–Kier alpha value is -0.930. The Kier molecular flexibility index (Phi) is 4.72. The summed E-state index contributed by atoms with van der Waals surface area (Å²) in [4.78, 5) is 2.27. The van der Waals surface area contributed by atoms with Crippen LogP contribution < -0.4 is 5.73 Å². The molecule has 1 aromatic rings. The summed E-state index contributed by atoms with van der Waals surface area (Å²) in [6, 6.07) is 6.79. The fourth-order valence-electron chi connectivity index (χ4n) is 1.85. The fourth-order valence-corrected chi connectivity index (χ4v) is 1.85. The molecule has 2 nitrogen and oxygen atoms in total. The van der Waals surface area contributed by atoms with Gasteiger partial charge in [0.1, 0.15) is 5.82 Å². The van der Waals surface area contributed by atoms with Gasteiger partial charge in [-0.05, 0) is 30.8 Å². The van der Waals surface area contributed by atoms with Crippen molar-refractivity contribution in [2.24, 2.45) is 5.73 Å². The number of halogens is 1. The van der Waals surface area contributed by atoms with Gasteiger partial charge in [0.15, 0.2) is 0 Å². The van der Waals surface area contributed by atoms with Gasteiger partial charge >= 0.3 is 0 Å². The van der Waals surface area contributed by atoms with E-state index in [1.54, 1.807) is 0 Å². The molecule has 2 N–H and O–H groups in total. The Morgan fingerprint density at radius 3 is 2.13 bits per heavy atom. The van der Waals surface area contributed by atoms with Crippen LogP contribution in [0.2, 0.25) is 0 Å². The Labute approximate surface area is 90.9 Å². The van der Waals surface area contributed by atoms with Crippen LogP contribution in [0.15, 0.2) is 24.3 Å². The molecule has 1 rings (SSSR count). The lowest BCUT2D eigenvalue weighted by atomic mass is 10.1. The van der Waals surface area contributed by atoms with Gasteiger partial charge in [-0.15, -0.1) is 0 Å². The first-order valence-electron chi connectivity index (χ1n) is 5.42. The van der Waals surface area contributed by atoms with E-state index in [0.717, 1.165) is 18.7 Å². The van der Waals surface area contributed by atoms with Crippen molar-refractivity contribution < 1.29 is 4.39 Å². The molecule has 0 fully saturated rings. The molecule has 0 aliphatic heterocycles. The minimum absolute atomic E-state index is 0.195. The molecular weight excluding hydrogens is 191 g/mol. The number of nitrogens with zero attached hydrogens (tertiary/aromatic N) is 1. The van der Waals surface area contributed by atoms with Crippen molar-refractivity contribution in [1.82, 2.24) is 4.90 Å². The number of benzene rings is 1. The number of hydrogen-bond acceptors (Lipinski definition) is 2. The largest absolute Gasteiger partial charge is 0.329 e. The molecule has 1 atom stereocenters. The van der Waals surface area contributed by atoms with Gasteiger partial charge in [0.05, 0.1) is 0 Å². The van der Waals surface area contributed by atoms with Crippen molar-refractivity contribution in [3.05, 3.63) is 35.6 Å². The highest BCUT2D eigenvalue weighted by Gasteiger charge is 2.15. The highest BCUT2D eigenvalue weighted by molar-refractivity contribution is 5.20. The molecule has 1 unspecified atom stereocenters. The zero-order valence-corrected chi connectivity index (χ0v) is 9.41. The SMILES string of the molecule is CCN(CC)C(CN)c1ccc(F)cc1. The van der Waals surface area contributed by atoms with Crippen molar-refractivity contribution in [3.63, 3.8) is 0 Å². The van der Waals surface area contributed by atoms with E-state index in [1.165, 1.54) is 12.1 Å². The van der Waals surface area contributed by atoms with Crippen molar-refractivity contribution in [2.75, 3.05) is 19.6 Å². The summed E-state index contributed by atoms with van der Waals surface area (Å²) in [6.07, 6.45) is 0. The Morgan fingerprint density at radius 2 is 1.73 bits per heavy atom. The molecule has 1 aromatic carbocycles. The molecule has 0 aliphatic carbocycles. The fraction of sp³-hybridized carbons (Fsp3) is 0.500. The summed E-state index contributed by atoms with van der Waals surface area (Å²) in [5, 5.41) is 0. The summed E-state index contributed by atoms with van der Waals surface area (Å²) >= 11 is 0. The first-order valence-corrected chi connectivity index (χ1v) is 5.42. The topological polar surface area (TPSA) is 29.3 Å². The average Bonchev–Trinajstić information content (AvgIpc) is 2.27. The molecule has 0 radical (unpaired) electrons. The third-order valence-corrected chi connectivity index (χ3v) is 2.73. The first kappa shape index (κ1) is 12.1. The zero-order valence-electron chi connectivity index (χ0n) is 9.41. The van der Waals surface area contributed by atoms with Crippen molar-refractivity contribution >= 4 is 0 Å². The van der Waals surface area contributed by atoms with Gasteiger partial charge in [0, 0.05) is 12.6 Å². The lowest BCUT2D eigenvalue weighted by Gasteiger charge is -2.28. The van der Waals surface area contributed by atoms with E-state index in [0.29, 0.717) is 6.54 Å². The number of likely N-dealkylation sites (N-methyl/N-ethyl adjacent to an activating group) is 1. The molecule has 0 aromatic heterocycles. The quantitative estimate of drug-likeness (QED) is 0.807. The van der Waals surface area contributed by atoms with E-state index < -0.39 is 0 Å². The van der Waals surface area contributed by atoms with Crippen LogP contribution in [-0.4, -0.2) is 24.5 Å². The van der Waals surface area contributed by atoms with Crippen LogP contribution >= 0.6 is 0 Å². The molecule has 0 bridgehead atoms. The van der Waals surface area contributed by atoms with Gasteiger partial charge in [-0.1, -0.05) is 26.0 Å². The van der Waals surface area contributed by atoms with Gasteiger partial charge in [-0.3, -0.25) is 4.90 Å². The molecule has 0 aliphatic rings. The van der Waals surface area contributed by atoms with E-state index in [4.69, 9.17) is 5.73 Å². The van der Waals surface area contributed by atoms with E-state index in [2.05, 4.69) is 18.7 Å². The highest BCUT2D eigenvalue weighted by atomic mass is 19.1. The highest BCUT2D eigenvalue weighted by Crippen LogP contribution is 2.19. The second kappa shape index (κ2) is 5.83. The molecule has 0 saturated carbocycles. The van der Waals surface area contributed by atoms with Gasteiger partial charge in [0.2, 0.25) is 0 Å². The third-order valence-electron chi connectivity index (χ3n) is 2.73. The minimum atomic E-state index is -0.200. The summed E-state index contributed by atoms with van der Waals surface area (Å²) in [7, 11) is 0. The summed E-state index contributed by atoms with van der Waals surface area (Å²) < 4.78 is 12.8. The Bertz CT molecular complexity index is 280. The number of nitrogens with two attached hydrogens (primary N) is 1. The molecule has 0 heterocycles. The predicted octanol–water partition coefficient (Wildman–Crippen LogP) is 2.17. The third kappa shape index (κ3) is 3.01. The van der Waals surface area contributed by atoms with Crippen LogP contribution in [0.25, 0.3) is 0 Å². The summed E-state index contributed by atoms with van der Waals surface area (Å²) in [5.74, 6) is -0.200. The minimum Gasteiger partial charge on any atom is -0.329 e. The van der Waals surface area contributed by atoms with E-state index in [-0.39, 0.29) is 11.9 Å². The maximum absolute atomic E-state index is 12.8. The molecular formula is C12H19FN2. The molecule has 84 valence electrons. The van der Waals surface area contributed by atoms with Crippen LogP contribution in [0.3, 0.4) is 0 Å². The second-order valence-electron chi connectivity index (χ2n) is 3.52. The maximum atomic E-state index is 12.8. The van der Waals surface area contributed by atoms with Gasteiger partial charge in [-0.25, -0.2) is 4.39 Å².